The van der Waals surface area contributed by atoms with Crippen molar-refractivity contribution in [2.45, 2.75) is 31.5 Å². The third-order valence-corrected chi connectivity index (χ3v) is 3.63. The van der Waals surface area contributed by atoms with Crippen molar-refractivity contribution in [3.8, 4) is 12.1 Å². The number of hydrogen-bond donors (Lipinski definition) is 3. The Bertz CT molecular complexity index is 316. The second kappa shape index (κ2) is 7.30. The zero-order chi connectivity index (χ0) is 13.5. The second-order valence-corrected chi connectivity index (χ2v) is 4.78. The summed E-state index contributed by atoms with van der Waals surface area (Å²) in [5.74, 6) is -0.557. The molecule has 6 nitrogen and oxygen atoms in total. The molecule has 100 valence electrons. The summed E-state index contributed by atoms with van der Waals surface area (Å²) in [4.78, 5) is 2.27. The Labute approximate surface area is 109 Å². The van der Waals surface area contributed by atoms with Crippen LogP contribution in [0.15, 0.2) is 0 Å². The molecule has 1 fully saturated rings. The van der Waals surface area contributed by atoms with Crippen LogP contribution in [0.3, 0.4) is 0 Å². The molecule has 3 atom stereocenters. The number of nitrogens with one attached hydrogen (secondary N) is 1. The first-order valence-electron chi connectivity index (χ1n) is 6.35. The van der Waals surface area contributed by atoms with Crippen LogP contribution in [0.5, 0.6) is 0 Å². The largest absolute Gasteiger partial charge is 0.329 e. The van der Waals surface area contributed by atoms with Gasteiger partial charge in [0, 0.05) is 44.3 Å². The third-order valence-electron chi connectivity index (χ3n) is 3.63. The second-order valence-electron chi connectivity index (χ2n) is 4.78. The minimum absolute atomic E-state index is 0.0757. The lowest BCUT2D eigenvalue weighted by molar-refractivity contribution is 0.0923. The van der Waals surface area contributed by atoms with Crippen LogP contribution >= 0.6 is 0 Å². The van der Waals surface area contributed by atoms with E-state index in [1.165, 1.54) is 0 Å². The van der Waals surface area contributed by atoms with E-state index >= 15 is 0 Å². The highest BCUT2D eigenvalue weighted by Gasteiger charge is 2.30. The molecule has 0 bridgehead atoms. The highest BCUT2D eigenvalue weighted by molar-refractivity contribution is 5.02. The molecular weight excluding hydrogens is 228 g/mol. The van der Waals surface area contributed by atoms with Crippen molar-refractivity contribution in [2.75, 3.05) is 26.2 Å². The number of nitriles is 2. The van der Waals surface area contributed by atoms with Gasteiger partial charge >= 0.3 is 0 Å². The lowest BCUT2D eigenvalue weighted by Crippen LogP contribution is -2.60. The summed E-state index contributed by atoms with van der Waals surface area (Å²) in [5.41, 5.74) is 11.6. The van der Waals surface area contributed by atoms with Gasteiger partial charge in [-0.25, -0.2) is 0 Å². The van der Waals surface area contributed by atoms with Crippen LogP contribution in [0.1, 0.15) is 13.3 Å². The molecule has 0 radical (unpaired) electrons. The molecule has 1 heterocycles. The SMILES string of the molecule is CC(C(N)CN)N1CCNCC1CC(C#N)C#N. The zero-order valence-corrected chi connectivity index (χ0v) is 10.8. The zero-order valence-electron chi connectivity index (χ0n) is 10.8. The van der Waals surface area contributed by atoms with Crippen LogP contribution in [0.2, 0.25) is 0 Å². The predicted molar refractivity (Wildman–Crippen MR) is 69.2 cm³/mol. The van der Waals surface area contributed by atoms with Gasteiger partial charge in [0.05, 0.1) is 12.1 Å². The number of nitrogens with zero attached hydrogens (tertiary/aromatic N) is 3. The van der Waals surface area contributed by atoms with E-state index in [9.17, 15) is 0 Å². The van der Waals surface area contributed by atoms with Gasteiger partial charge in [-0.2, -0.15) is 10.5 Å². The van der Waals surface area contributed by atoms with E-state index in [1.807, 2.05) is 12.1 Å². The topological polar surface area (TPSA) is 115 Å². The molecule has 0 aliphatic carbocycles. The van der Waals surface area contributed by atoms with Gasteiger partial charge in [-0.15, -0.1) is 0 Å². The fourth-order valence-corrected chi connectivity index (χ4v) is 2.38. The maximum Gasteiger partial charge on any atom is 0.134 e. The minimum Gasteiger partial charge on any atom is -0.329 e. The van der Waals surface area contributed by atoms with Crippen LogP contribution in [-0.4, -0.2) is 49.2 Å². The summed E-state index contributed by atoms with van der Waals surface area (Å²) in [5, 5.41) is 21.1. The Kier molecular flexibility index (Phi) is 6.03. The van der Waals surface area contributed by atoms with E-state index in [2.05, 4.69) is 17.1 Å². The number of piperazine rings is 1. The summed E-state index contributed by atoms with van der Waals surface area (Å²) < 4.78 is 0. The van der Waals surface area contributed by atoms with E-state index in [0.717, 1.165) is 19.6 Å². The first-order valence-corrected chi connectivity index (χ1v) is 6.35. The smallest absolute Gasteiger partial charge is 0.134 e. The Balaban J connectivity index is 2.68. The fraction of sp³-hybridized carbons (Fsp3) is 0.833. The Hall–Kier alpha value is -1.18. The van der Waals surface area contributed by atoms with E-state index in [1.54, 1.807) is 0 Å². The minimum atomic E-state index is -0.557. The van der Waals surface area contributed by atoms with Gasteiger partial charge in [0.25, 0.3) is 0 Å². The average Bonchev–Trinajstić information content (AvgIpc) is 2.43. The van der Waals surface area contributed by atoms with Crippen LogP contribution in [0.4, 0.5) is 0 Å². The Morgan fingerprint density at radius 3 is 2.67 bits per heavy atom. The maximum absolute atomic E-state index is 8.88. The molecule has 0 aromatic carbocycles. The highest BCUT2D eigenvalue weighted by Crippen LogP contribution is 2.17. The van der Waals surface area contributed by atoms with Gasteiger partial charge in [0.1, 0.15) is 5.92 Å². The normalized spacial score (nSPS) is 24.2. The quantitative estimate of drug-likeness (QED) is 0.576. The van der Waals surface area contributed by atoms with Crippen LogP contribution in [0, 0.1) is 28.6 Å². The molecule has 6 heteroatoms. The highest BCUT2D eigenvalue weighted by atomic mass is 15.2. The van der Waals surface area contributed by atoms with Gasteiger partial charge < -0.3 is 16.8 Å². The molecule has 1 aliphatic rings. The van der Waals surface area contributed by atoms with Gasteiger partial charge in [-0.05, 0) is 13.3 Å². The molecule has 18 heavy (non-hydrogen) atoms. The molecule has 0 aromatic rings. The molecule has 0 spiro atoms. The van der Waals surface area contributed by atoms with Crippen LogP contribution < -0.4 is 16.8 Å². The summed E-state index contributed by atoms with van der Waals surface area (Å²) in [7, 11) is 0. The lowest BCUT2D eigenvalue weighted by atomic mass is 9.97. The third kappa shape index (κ3) is 3.66. The van der Waals surface area contributed by atoms with Gasteiger partial charge in [-0.1, -0.05) is 0 Å². The van der Waals surface area contributed by atoms with Crippen molar-refractivity contribution in [3.05, 3.63) is 0 Å². The maximum atomic E-state index is 8.88. The molecular formula is C12H22N6. The first-order chi connectivity index (χ1) is 8.63. The summed E-state index contributed by atoms with van der Waals surface area (Å²) in [6.45, 7) is 5.08. The summed E-state index contributed by atoms with van der Waals surface area (Å²) >= 11 is 0. The summed E-state index contributed by atoms with van der Waals surface area (Å²) in [6, 6.07) is 4.33. The summed E-state index contributed by atoms with van der Waals surface area (Å²) in [6.07, 6.45) is 0.557. The van der Waals surface area contributed by atoms with E-state index < -0.39 is 5.92 Å². The molecule has 0 saturated carbocycles. The van der Waals surface area contributed by atoms with Gasteiger partial charge in [-0.3, -0.25) is 4.90 Å². The monoisotopic (exact) mass is 250 g/mol. The average molecular weight is 250 g/mol. The molecule has 1 aliphatic heterocycles. The number of hydrogen-bond acceptors (Lipinski definition) is 6. The fourth-order valence-electron chi connectivity index (χ4n) is 2.38. The Morgan fingerprint density at radius 2 is 2.11 bits per heavy atom. The van der Waals surface area contributed by atoms with Gasteiger partial charge in [0.2, 0.25) is 0 Å². The van der Waals surface area contributed by atoms with Crippen LogP contribution in [0.25, 0.3) is 0 Å². The standard InChI is InChI=1S/C12H22N6/c1-9(12(16)7-15)18-3-2-17-8-11(18)4-10(5-13)6-14/h9-12,17H,2-4,7-8,15-16H2,1H3. The molecule has 5 N–H and O–H groups in total. The molecule has 1 rings (SSSR count). The van der Waals surface area contributed by atoms with Crippen molar-refractivity contribution in [3.63, 3.8) is 0 Å². The lowest BCUT2D eigenvalue weighted by Gasteiger charge is -2.42. The molecule has 0 amide bonds. The molecule has 3 unspecified atom stereocenters. The number of rotatable bonds is 5. The van der Waals surface area contributed by atoms with Crippen LogP contribution in [-0.2, 0) is 0 Å². The van der Waals surface area contributed by atoms with E-state index in [-0.39, 0.29) is 18.1 Å². The van der Waals surface area contributed by atoms with Crippen molar-refractivity contribution in [2.24, 2.45) is 17.4 Å². The van der Waals surface area contributed by atoms with Crippen molar-refractivity contribution >= 4 is 0 Å². The van der Waals surface area contributed by atoms with Crippen molar-refractivity contribution in [1.29, 1.82) is 10.5 Å². The van der Waals surface area contributed by atoms with Crippen molar-refractivity contribution < 1.29 is 0 Å². The molecule has 1 saturated heterocycles. The van der Waals surface area contributed by atoms with E-state index in [0.29, 0.717) is 13.0 Å². The van der Waals surface area contributed by atoms with Crippen molar-refractivity contribution in [1.82, 2.24) is 10.2 Å². The van der Waals surface area contributed by atoms with Gasteiger partial charge in [0.15, 0.2) is 0 Å². The number of nitrogens with two attached hydrogens (primary N) is 2. The predicted octanol–water partition coefficient (Wildman–Crippen LogP) is -1.01. The molecule has 0 aromatic heterocycles. The van der Waals surface area contributed by atoms with E-state index in [4.69, 9.17) is 22.0 Å². The first kappa shape index (κ1) is 14.9. The Morgan fingerprint density at radius 1 is 1.44 bits per heavy atom.